The summed E-state index contributed by atoms with van der Waals surface area (Å²) < 4.78 is 8.36. The Kier molecular flexibility index (Phi) is 8.51. The van der Waals surface area contributed by atoms with E-state index in [1.807, 2.05) is 68.4 Å². The van der Waals surface area contributed by atoms with E-state index >= 15 is 0 Å². The fourth-order valence-electron chi connectivity index (χ4n) is 4.35. The van der Waals surface area contributed by atoms with Crippen molar-refractivity contribution in [2.24, 2.45) is 0 Å². The lowest BCUT2D eigenvalue weighted by Gasteiger charge is -2.27. The number of rotatable bonds is 9. The van der Waals surface area contributed by atoms with Gasteiger partial charge >= 0.3 is 0 Å². The molecule has 34 heavy (non-hydrogen) atoms. The molecule has 8 heteroatoms. The molecular weight excluding hydrogens is 468 g/mol. The SMILES string of the molecule is CC(NC(=O)CSc1nnc(C(C)Oc2ccc(Cl)cc2)n1C1CCCCC1)c1ccccc1. The van der Waals surface area contributed by atoms with Crippen molar-refractivity contribution in [2.45, 2.75) is 69.3 Å². The van der Waals surface area contributed by atoms with E-state index in [0.717, 1.165) is 35.1 Å². The van der Waals surface area contributed by atoms with Crippen LogP contribution in [0.25, 0.3) is 0 Å². The zero-order valence-corrected chi connectivity index (χ0v) is 21.2. The van der Waals surface area contributed by atoms with Crippen LogP contribution in [-0.2, 0) is 4.79 Å². The second-order valence-corrected chi connectivity index (χ2v) is 10.1. The number of ether oxygens (including phenoxy) is 1. The molecule has 1 aliphatic carbocycles. The molecule has 0 bridgehead atoms. The van der Waals surface area contributed by atoms with Gasteiger partial charge in [0.15, 0.2) is 17.1 Å². The lowest BCUT2D eigenvalue weighted by molar-refractivity contribution is -0.119. The van der Waals surface area contributed by atoms with Gasteiger partial charge in [0.25, 0.3) is 0 Å². The third-order valence-corrected chi connectivity index (χ3v) is 7.33. The molecular formula is C26H31ClN4O2S. The fraction of sp³-hybridized carbons (Fsp3) is 0.423. The van der Waals surface area contributed by atoms with Crippen LogP contribution in [0, 0.1) is 0 Å². The minimum Gasteiger partial charge on any atom is -0.483 e. The molecule has 0 spiro atoms. The topological polar surface area (TPSA) is 69.0 Å². The number of halogens is 1. The molecule has 1 amide bonds. The van der Waals surface area contributed by atoms with E-state index in [4.69, 9.17) is 16.3 Å². The summed E-state index contributed by atoms with van der Waals surface area (Å²) in [7, 11) is 0. The van der Waals surface area contributed by atoms with Crippen LogP contribution in [0.3, 0.4) is 0 Å². The van der Waals surface area contributed by atoms with Crippen molar-refractivity contribution in [3.8, 4) is 5.75 Å². The van der Waals surface area contributed by atoms with Crippen LogP contribution in [0.15, 0.2) is 59.8 Å². The average molecular weight is 499 g/mol. The van der Waals surface area contributed by atoms with Crippen molar-refractivity contribution in [3.05, 3.63) is 71.0 Å². The van der Waals surface area contributed by atoms with Gasteiger partial charge in [-0.05, 0) is 56.5 Å². The fourth-order valence-corrected chi connectivity index (χ4v) is 5.30. The number of carbonyl (C=O) groups is 1. The first kappa shape index (κ1) is 24.6. The molecule has 1 N–H and O–H groups in total. The van der Waals surface area contributed by atoms with Gasteiger partial charge in [-0.25, -0.2) is 0 Å². The maximum absolute atomic E-state index is 12.7. The second kappa shape index (κ2) is 11.8. The standard InChI is InChI=1S/C26H31ClN4O2S/c1-18(20-9-5-3-6-10-20)28-24(32)17-34-26-30-29-25(31(26)22-11-7-4-8-12-22)19(2)33-23-15-13-21(27)14-16-23/h3,5-6,9-10,13-16,18-19,22H,4,7-8,11-12,17H2,1-2H3,(H,28,32). The Hall–Kier alpha value is -2.51. The number of amides is 1. The molecule has 1 aliphatic rings. The Morgan fingerprint density at radius 3 is 2.50 bits per heavy atom. The highest BCUT2D eigenvalue weighted by Crippen LogP contribution is 2.35. The highest BCUT2D eigenvalue weighted by Gasteiger charge is 2.27. The van der Waals surface area contributed by atoms with Crippen LogP contribution in [-0.4, -0.2) is 26.4 Å². The second-order valence-electron chi connectivity index (χ2n) is 8.71. The summed E-state index contributed by atoms with van der Waals surface area (Å²) in [5.74, 6) is 1.79. The maximum atomic E-state index is 12.7. The van der Waals surface area contributed by atoms with Crippen LogP contribution < -0.4 is 10.1 Å². The highest BCUT2D eigenvalue weighted by atomic mass is 35.5. The number of benzene rings is 2. The molecule has 2 aromatic carbocycles. The first-order chi connectivity index (χ1) is 16.5. The maximum Gasteiger partial charge on any atom is 0.230 e. The normalized spacial score (nSPS) is 16.1. The molecule has 6 nitrogen and oxygen atoms in total. The Labute approximate surface area is 210 Å². The molecule has 4 rings (SSSR count). The lowest BCUT2D eigenvalue weighted by Crippen LogP contribution is -2.28. The molecule has 0 radical (unpaired) electrons. The first-order valence-corrected chi connectivity index (χ1v) is 13.2. The third-order valence-electron chi connectivity index (χ3n) is 6.13. The smallest absolute Gasteiger partial charge is 0.230 e. The Bertz CT molecular complexity index is 1070. The van der Waals surface area contributed by atoms with E-state index in [9.17, 15) is 4.79 Å². The zero-order chi connectivity index (χ0) is 23.9. The highest BCUT2D eigenvalue weighted by molar-refractivity contribution is 7.99. The Balaban J connectivity index is 1.46. The average Bonchev–Trinajstić information content (AvgIpc) is 3.29. The number of thioether (sulfide) groups is 1. The van der Waals surface area contributed by atoms with Gasteiger partial charge in [-0.2, -0.15) is 0 Å². The Morgan fingerprint density at radius 1 is 1.09 bits per heavy atom. The van der Waals surface area contributed by atoms with Crippen LogP contribution in [0.2, 0.25) is 5.02 Å². The molecule has 180 valence electrons. The summed E-state index contributed by atoms with van der Waals surface area (Å²) in [6, 6.07) is 17.6. The number of hydrogen-bond donors (Lipinski definition) is 1. The van der Waals surface area contributed by atoms with Crippen molar-refractivity contribution < 1.29 is 9.53 Å². The van der Waals surface area contributed by atoms with E-state index in [1.54, 1.807) is 0 Å². The van der Waals surface area contributed by atoms with Crippen molar-refractivity contribution in [1.29, 1.82) is 0 Å². The quantitative estimate of drug-likeness (QED) is 0.339. The summed E-state index contributed by atoms with van der Waals surface area (Å²) >= 11 is 7.44. The first-order valence-electron chi connectivity index (χ1n) is 11.9. The largest absolute Gasteiger partial charge is 0.483 e. The summed E-state index contributed by atoms with van der Waals surface area (Å²) in [6.45, 7) is 3.98. The summed E-state index contributed by atoms with van der Waals surface area (Å²) in [6.07, 6.45) is 5.53. The molecule has 1 aromatic heterocycles. The minimum atomic E-state index is -0.281. The summed E-state index contributed by atoms with van der Waals surface area (Å²) in [5, 5.41) is 13.5. The van der Waals surface area contributed by atoms with Gasteiger partial charge in [0, 0.05) is 11.1 Å². The third kappa shape index (κ3) is 6.33. The predicted octanol–water partition coefficient (Wildman–Crippen LogP) is 6.55. The number of aromatic nitrogens is 3. The number of carbonyl (C=O) groups excluding carboxylic acids is 1. The van der Waals surface area contributed by atoms with Crippen LogP contribution in [0.1, 0.15) is 75.5 Å². The van der Waals surface area contributed by atoms with E-state index in [-0.39, 0.29) is 23.8 Å². The van der Waals surface area contributed by atoms with E-state index in [1.165, 1.54) is 31.0 Å². The zero-order valence-electron chi connectivity index (χ0n) is 19.6. The molecule has 1 saturated carbocycles. The molecule has 1 heterocycles. The van der Waals surface area contributed by atoms with Crippen molar-refractivity contribution in [1.82, 2.24) is 20.1 Å². The van der Waals surface area contributed by atoms with Crippen molar-refractivity contribution >= 4 is 29.3 Å². The van der Waals surface area contributed by atoms with Gasteiger partial charge in [0.2, 0.25) is 5.91 Å². The molecule has 2 unspecified atom stereocenters. The van der Waals surface area contributed by atoms with Crippen LogP contribution in [0.5, 0.6) is 5.75 Å². The molecule has 0 aliphatic heterocycles. The van der Waals surface area contributed by atoms with Crippen LogP contribution >= 0.6 is 23.4 Å². The minimum absolute atomic E-state index is 0.0217. The van der Waals surface area contributed by atoms with E-state index < -0.39 is 0 Å². The number of hydrogen-bond acceptors (Lipinski definition) is 5. The van der Waals surface area contributed by atoms with Gasteiger partial charge in [-0.15, -0.1) is 10.2 Å². The van der Waals surface area contributed by atoms with Gasteiger partial charge in [-0.1, -0.05) is 73.0 Å². The number of nitrogens with one attached hydrogen (secondary N) is 1. The van der Waals surface area contributed by atoms with E-state index in [0.29, 0.717) is 11.1 Å². The van der Waals surface area contributed by atoms with Crippen LogP contribution in [0.4, 0.5) is 0 Å². The summed E-state index contributed by atoms with van der Waals surface area (Å²) in [5.41, 5.74) is 1.08. The molecule has 0 saturated heterocycles. The lowest BCUT2D eigenvalue weighted by atomic mass is 9.95. The van der Waals surface area contributed by atoms with Gasteiger partial charge in [0.05, 0.1) is 11.8 Å². The van der Waals surface area contributed by atoms with Gasteiger partial charge in [-0.3, -0.25) is 9.36 Å². The monoisotopic (exact) mass is 498 g/mol. The van der Waals surface area contributed by atoms with Crippen molar-refractivity contribution in [2.75, 3.05) is 5.75 Å². The molecule has 1 fully saturated rings. The van der Waals surface area contributed by atoms with Gasteiger partial charge in [0.1, 0.15) is 5.75 Å². The van der Waals surface area contributed by atoms with Gasteiger partial charge < -0.3 is 10.1 Å². The predicted molar refractivity (Wildman–Crippen MR) is 136 cm³/mol. The Morgan fingerprint density at radius 2 is 1.79 bits per heavy atom. The molecule has 3 aromatic rings. The van der Waals surface area contributed by atoms with Crippen molar-refractivity contribution in [3.63, 3.8) is 0 Å². The number of nitrogens with zero attached hydrogens (tertiary/aromatic N) is 3. The molecule has 2 atom stereocenters. The summed E-state index contributed by atoms with van der Waals surface area (Å²) in [4.78, 5) is 12.7. The van der Waals surface area contributed by atoms with E-state index in [2.05, 4.69) is 20.1 Å².